The molecule has 20 nitrogen and oxygen atoms in total. The highest BCUT2D eigenvalue weighted by atomic mass is 16.7. The molecule has 2 aliphatic heterocycles. The SMILES string of the molecule is CN[C@@H]1[C@@H](O)[C@@H](O[C@@H]2[C@@H](O)[C@H](O[C@@H]3O[C@H](N(C)C(=O)O)CC[C@H]3NC(=O)OC(C)(C)C)[C@@H](NC(=O)OC(C)(C)C)C[C@H]2N=C(N)CO)OC[C@]1(C)O. The lowest BCUT2D eigenvalue weighted by atomic mass is 9.83. The van der Waals surface area contributed by atoms with E-state index in [0.29, 0.717) is 0 Å². The molecular weight excluding hydrogens is 692 g/mol. The maximum atomic E-state index is 13.1. The van der Waals surface area contributed by atoms with E-state index < -0.39 is 109 Å². The third-order valence-electron chi connectivity index (χ3n) is 8.64. The van der Waals surface area contributed by atoms with Crippen LogP contribution in [0.2, 0.25) is 0 Å². The molecule has 0 radical (unpaired) electrons. The van der Waals surface area contributed by atoms with Crippen LogP contribution in [0.3, 0.4) is 0 Å². The number of aliphatic hydroxyl groups excluding tert-OH is 3. The lowest BCUT2D eigenvalue weighted by Gasteiger charge is -2.49. The summed E-state index contributed by atoms with van der Waals surface area (Å²) in [5, 5.41) is 61.6. The van der Waals surface area contributed by atoms with E-state index >= 15 is 0 Å². The lowest BCUT2D eigenvalue weighted by Crippen LogP contribution is -2.68. The van der Waals surface area contributed by atoms with Gasteiger partial charge in [-0.25, -0.2) is 14.4 Å². The molecule has 3 fully saturated rings. The Hall–Kier alpha value is -3.08. The van der Waals surface area contributed by atoms with Gasteiger partial charge in [0.15, 0.2) is 12.6 Å². The number of hydrogen-bond acceptors (Lipinski definition) is 15. The Morgan fingerprint density at radius 3 is 2.02 bits per heavy atom. The standard InChI is InChI=1S/C32H58N6O14/c1-30(2,3)51-27(42)36-15-10-11-19(38(9)29(44)45)48-25(15)49-23-17(37-28(43)52-31(4,5)6)12-16(35-18(33)13-39)22(20(23)40)50-26-21(41)24(34-8)32(7,46)14-47-26/h15-17,19-26,34,39-41,46H,10-14H2,1-9H3,(H2,33,35)(H,36,42)(H,37,43)(H,44,45)/t15-,16-,17+,19+,20-,21-,22+,23-,24-,25+,26-,32+/m1/s1. The van der Waals surface area contributed by atoms with Crippen LogP contribution in [0.4, 0.5) is 14.4 Å². The number of nitrogens with two attached hydrogens (primary N) is 1. The Bertz CT molecular complexity index is 1260. The van der Waals surface area contributed by atoms with Gasteiger partial charge in [0, 0.05) is 7.05 Å². The number of hydrogen-bond donors (Lipinski definition) is 9. The van der Waals surface area contributed by atoms with E-state index in [9.17, 15) is 39.9 Å². The number of ether oxygens (including phenoxy) is 6. The molecule has 1 saturated carbocycles. The topological polar surface area (TPSA) is 285 Å². The minimum Gasteiger partial charge on any atom is -0.465 e. The van der Waals surface area contributed by atoms with Crippen LogP contribution in [0.25, 0.3) is 0 Å². The molecule has 0 aromatic heterocycles. The van der Waals surface area contributed by atoms with Crippen molar-refractivity contribution < 1.29 is 68.3 Å². The van der Waals surface area contributed by atoms with Gasteiger partial charge in [-0.15, -0.1) is 0 Å². The third-order valence-corrected chi connectivity index (χ3v) is 8.64. The number of likely N-dealkylation sites (N-methyl/N-ethyl adjacent to an activating group) is 1. The van der Waals surface area contributed by atoms with Crippen LogP contribution in [0.5, 0.6) is 0 Å². The first kappa shape index (κ1) is 43.3. The summed E-state index contributed by atoms with van der Waals surface area (Å²) in [6.07, 6.45) is -12.6. The Morgan fingerprint density at radius 2 is 1.50 bits per heavy atom. The maximum Gasteiger partial charge on any atom is 0.409 e. The van der Waals surface area contributed by atoms with E-state index in [2.05, 4.69) is 20.9 Å². The number of nitrogens with zero attached hydrogens (tertiary/aromatic N) is 2. The molecule has 52 heavy (non-hydrogen) atoms. The molecule has 300 valence electrons. The van der Waals surface area contributed by atoms with Gasteiger partial charge in [0.1, 0.15) is 59.9 Å². The van der Waals surface area contributed by atoms with Crippen molar-refractivity contribution in [3.63, 3.8) is 0 Å². The first-order chi connectivity index (χ1) is 24.0. The number of carboxylic acid groups (broad SMARTS) is 1. The van der Waals surface area contributed by atoms with Crippen molar-refractivity contribution in [2.24, 2.45) is 10.7 Å². The van der Waals surface area contributed by atoms with Crippen LogP contribution >= 0.6 is 0 Å². The molecule has 0 bridgehead atoms. The van der Waals surface area contributed by atoms with E-state index in [1.165, 1.54) is 21.0 Å². The number of rotatable bonds is 10. The van der Waals surface area contributed by atoms with Crippen LogP contribution in [-0.2, 0) is 28.4 Å². The van der Waals surface area contributed by atoms with Crippen molar-refractivity contribution in [3.8, 4) is 0 Å². The molecule has 0 aromatic rings. The number of alkyl carbamates (subject to hydrolysis) is 2. The zero-order valence-electron chi connectivity index (χ0n) is 31.3. The average Bonchev–Trinajstić information content (AvgIpc) is 3.00. The predicted molar refractivity (Wildman–Crippen MR) is 182 cm³/mol. The monoisotopic (exact) mass is 750 g/mol. The summed E-state index contributed by atoms with van der Waals surface area (Å²) in [5.74, 6) is -0.223. The van der Waals surface area contributed by atoms with Crippen LogP contribution in [0.1, 0.15) is 67.7 Å². The largest absolute Gasteiger partial charge is 0.465 e. The van der Waals surface area contributed by atoms with Gasteiger partial charge in [-0.05, 0) is 74.8 Å². The van der Waals surface area contributed by atoms with Crippen molar-refractivity contribution in [1.82, 2.24) is 20.9 Å². The van der Waals surface area contributed by atoms with Crippen LogP contribution in [0.15, 0.2) is 4.99 Å². The molecular formula is C32H58N6O14. The summed E-state index contributed by atoms with van der Waals surface area (Å²) in [4.78, 5) is 43.1. The Morgan fingerprint density at radius 1 is 0.942 bits per heavy atom. The molecule has 12 atom stereocenters. The van der Waals surface area contributed by atoms with Gasteiger partial charge in [-0.2, -0.15) is 0 Å². The molecule has 0 unspecified atom stereocenters. The summed E-state index contributed by atoms with van der Waals surface area (Å²) in [6, 6.07) is -4.04. The first-order valence-electron chi connectivity index (χ1n) is 17.2. The molecule has 2 saturated heterocycles. The second kappa shape index (κ2) is 17.4. The Labute approximate surface area is 303 Å². The highest BCUT2D eigenvalue weighted by Gasteiger charge is 2.53. The Kier molecular flexibility index (Phi) is 14.5. The molecule has 3 amide bonds. The number of aliphatic imine (C=N–C) groups is 1. The van der Waals surface area contributed by atoms with Gasteiger partial charge in [0.25, 0.3) is 0 Å². The second-order valence-electron chi connectivity index (χ2n) is 15.5. The highest BCUT2D eigenvalue weighted by molar-refractivity contribution is 5.81. The number of amidine groups is 1. The zero-order valence-corrected chi connectivity index (χ0v) is 31.3. The van der Waals surface area contributed by atoms with E-state index in [-0.39, 0.29) is 31.7 Å². The van der Waals surface area contributed by atoms with Crippen molar-refractivity contribution in [2.75, 3.05) is 27.3 Å². The van der Waals surface area contributed by atoms with Crippen LogP contribution in [0, 0.1) is 0 Å². The summed E-state index contributed by atoms with van der Waals surface area (Å²) in [7, 11) is 2.84. The van der Waals surface area contributed by atoms with Crippen LogP contribution in [-0.4, -0.2) is 166 Å². The Balaban J connectivity index is 2.05. The molecule has 2 heterocycles. The second-order valence-corrected chi connectivity index (χ2v) is 15.5. The number of carbonyl (C=O) groups excluding carboxylic acids is 2. The summed E-state index contributed by atoms with van der Waals surface area (Å²) in [6.45, 7) is 10.6. The average molecular weight is 751 g/mol. The summed E-state index contributed by atoms with van der Waals surface area (Å²) >= 11 is 0. The minimum absolute atomic E-state index is 0.141. The van der Waals surface area contributed by atoms with E-state index in [1.807, 2.05) is 0 Å². The minimum atomic E-state index is -1.72. The summed E-state index contributed by atoms with van der Waals surface area (Å²) in [5.41, 5.74) is 2.66. The van der Waals surface area contributed by atoms with Gasteiger partial charge < -0.3 is 75.6 Å². The number of carbonyl (C=O) groups is 3. The number of amides is 3. The third kappa shape index (κ3) is 11.7. The van der Waals surface area contributed by atoms with Crippen molar-refractivity contribution in [1.29, 1.82) is 0 Å². The highest BCUT2D eigenvalue weighted by Crippen LogP contribution is 2.35. The van der Waals surface area contributed by atoms with E-state index in [1.54, 1.807) is 41.5 Å². The lowest BCUT2D eigenvalue weighted by molar-refractivity contribution is -0.310. The van der Waals surface area contributed by atoms with Crippen LogP contribution < -0.4 is 21.7 Å². The number of aliphatic hydroxyl groups is 4. The molecule has 1 aliphatic carbocycles. The quantitative estimate of drug-likeness (QED) is 0.0971. The molecule has 3 rings (SSSR count). The molecule has 0 aromatic carbocycles. The molecule has 0 spiro atoms. The van der Waals surface area contributed by atoms with Gasteiger partial charge in [0.2, 0.25) is 0 Å². The van der Waals surface area contributed by atoms with E-state index in [0.717, 1.165) is 4.90 Å². The van der Waals surface area contributed by atoms with Crippen molar-refractivity contribution >= 4 is 24.1 Å². The van der Waals surface area contributed by atoms with Gasteiger partial charge >= 0.3 is 18.3 Å². The smallest absolute Gasteiger partial charge is 0.409 e. The number of nitrogens with one attached hydrogen (secondary N) is 3. The zero-order chi connectivity index (χ0) is 39.3. The fourth-order valence-electron chi connectivity index (χ4n) is 6.29. The molecule has 20 heteroatoms. The van der Waals surface area contributed by atoms with Gasteiger partial charge in [-0.1, -0.05) is 0 Å². The van der Waals surface area contributed by atoms with Gasteiger partial charge in [0.05, 0.1) is 30.8 Å². The summed E-state index contributed by atoms with van der Waals surface area (Å²) < 4.78 is 35.2. The predicted octanol–water partition coefficient (Wildman–Crippen LogP) is -0.845. The fraction of sp³-hybridized carbons (Fsp3) is 0.875. The van der Waals surface area contributed by atoms with Gasteiger partial charge in [-0.3, -0.25) is 9.89 Å². The molecule has 3 aliphatic rings. The van der Waals surface area contributed by atoms with E-state index in [4.69, 9.17) is 34.2 Å². The first-order valence-corrected chi connectivity index (χ1v) is 17.2. The molecule has 10 N–H and O–H groups in total. The normalized spacial score (nSPS) is 36.0. The van der Waals surface area contributed by atoms with Crippen molar-refractivity contribution in [2.45, 2.75) is 152 Å². The van der Waals surface area contributed by atoms with Crippen molar-refractivity contribution in [3.05, 3.63) is 0 Å². The fourth-order valence-corrected chi connectivity index (χ4v) is 6.29. The maximum absolute atomic E-state index is 13.1.